The predicted molar refractivity (Wildman–Crippen MR) is 74.5 cm³/mol. The third-order valence-corrected chi connectivity index (χ3v) is 3.28. The van der Waals surface area contributed by atoms with Crippen molar-refractivity contribution in [3.8, 4) is 11.5 Å². The van der Waals surface area contributed by atoms with Crippen LogP contribution in [0.1, 0.15) is 18.9 Å². The summed E-state index contributed by atoms with van der Waals surface area (Å²) in [5, 5.41) is 1.04. The molecule has 0 aliphatic carbocycles. The topological polar surface area (TPSA) is 69.4 Å². The zero-order chi connectivity index (χ0) is 13.2. The molecule has 1 aliphatic rings. The van der Waals surface area contributed by atoms with Gasteiger partial charge >= 0.3 is 0 Å². The normalized spacial score (nSPS) is 14.2. The fraction of sp³-hybridized carbons (Fsp3) is 0.357. The molecule has 0 fully saturated rings. The number of fused-ring (bicyclic) bond motifs is 2. The fourth-order valence-corrected chi connectivity index (χ4v) is 2.27. The van der Waals surface area contributed by atoms with Crippen molar-refractivity contribution in [3.63, 3.8) is 0 Å². The Morgan fingerprint density at radius 1 is 1.21 bits per heavy atom. The van der Waals surface area contributed by atoms with Crippen molar-refractivity contribution in [2.24, 2.45) is 5.84 Å². The van der Waals surface area contributed by atoms with Gasteiger partial charge in [-0.15, -0.1) is 0 Å². The maximum atomic E-state index is 5.69. The number of aryl methyl sites for hydroxylation is 1. The highest BCUT2D eigenvalue weighted by Gasteiger charge is 2.13. The van der Waals surface area contributed by atoms with E-state index < -0.39 is 0 Å². The molecule has 1 aromatic heterocycles. The van der Waals surface area contributed by atoms with E-state index in [1.165, 1.54) is 0 Å². The van der Waals surface area contributed by atoms with Gasteiger partial charge in [0, 0.05) is 17.9 Å². The highest BCUT2D eigenvalue weighted by atomic mass is 16.5. The maximum Gasteiger partial charge on any atom is 0.163 e. The fourth-order valence-electron chi connectivity index (χ4n) is 2.27. The van der Waals surface area contributed by atoms with Crippen molar-refractivity contribution >= 4 is 16.7 Å². The third-order valence-electron chi connectivity index (χ3n) is 3.28. The SMILES string of the molecule is CCc1cc2cc3c(cc2nc1NN)OCCCO3. The Hall–Kier alpha value is -2.01. The van der Waals surface area contributed by atoms with Crippen LogP contribution in [0.15, 0.2) is 18.2 Å². The predicted octanol–water partition coefficient (Wildman–Crippen LogP) is 2.24. The average molecular weight is 259 g/mol. The molecule has 0 amide bonds. The number of pyridine rings is 1. The molecule has 1 aliphatic heterocycles. The van der Waals surface area contributed by atoms with Crippen molar-refractivity contribution in [2.45, 2.75) is 19.8 Å². The van der Waals surface area contributed by atoms with Crippen LogP contribution in [-0.4, -0.2) is 18.2 Å². The standard InChI is InChI=1S/C14H17N3O2/c1-2-9-6-10-7-12-13(19-5-3-4-18-12)8-11(10)16-14(9)17-15/h6-8H,2-5,15H2,1H3,(H,16,17). The molecule has 2 aromatic rings. The van der Waals surface area contributed by atoms with Crippen LogP contribution in [-0.2, 0) is 6.42 Å². The van der Waals surface area contributed by atoms with Gasteiger partial charge in [0.1, 0.15) is 5.82 Å². The van der Waals surface area contributed by atoms with Crippen molar-refractivity contribution < 1.29 is 9.47 Å². The molecule has 1 aromatic carbocycles. The maximum absolute atomic E-state index is 5.69. The lowest BCUT2D eigenvalue weighted by Crippen LogP contribution is -2.11. The zero-order valence-corrected chi connectivity index (χ0v) is 10.9. The van der Waals surface area contributed by atoms with E-state index in [-0.39, 0.29) is 0 Å². The monoisotopic (exact) mass is 259 g/mol. The van der Waals surface area contributed by atoms with Gasteiger partial charge in [-0.25, -0.2) is 10.8 Å². The Balaban J connectivity index is 2.17. The summed E-state index contributed by atoms with van der Waals surface area (Å²) in [6, 6.07) is 5.99. The summed E-state index contributed by atoms with van der Waals surface area (Å²) in [7, 11) is 0. The summed E-state index contributed by atoms with van der Waals surface area (Å²) < 4.78 is 11.4. The first-order valence-corrected chi connectivity index (χ1v) is 6.51. The molecule has 0 unspecified atom stereocenters. The Bertz CT molecular complexity index is 561. The Kier molecular flexibility index (Phi) is 3.13. The van der Waals surface area contributed by atoms with Gasteiger partial charge < -0.3 is 14.9 Å². The molecule has 5 heteroatoms. The molecule has 5 nitrogen and oxygen atoms in total. The van der Waals surface area contributed by atoms with Gasteiger partial charge in [0.2, 0.25) is 0 Å². The highest BCUT2D eigenvalue weighted by molar-refractivity contribution is 5.85. The van der Waals surface area contributed by atoms with Crippen LogP contribution in [0.3, 0.4) is 0 Å². The summed E-state index contributed by atoms with van der Waals surface area (Å²) >= 11 is 0. The molecule has 0 spiro atoms. The van der Waals surface area contributed by atoms with E-state index in [2.05, 4.69) is 23.4 Å². The first-order valence-electron chi connectivity index (χ1n) is 6.51. The largest absolute Gasteiger partial charge is 0.490 e. The number of hydrogen-bond acceptors (Lipinski definition) is 5. The Morgan fingerprint density at radius 2 is 1.95 bits per heavy atom. The summed E-state index contributed by atoms with van der Waals surface area (Å²) in [5.74, 6) is 7.77. The van der Waals surface area contributed by atoms with Crippen molar-refractivity contribution in [1.82, 2.24) is 4.98 Å². The molecule has 0 saturated heterocycles. The van der Waals surface area contributed by atoms with E-state index in [0.29, 0.717) is 19.0 Å². The number of nitrogens with two attached hydrogens (primary N) is 1. The number of aromatic nitrogens is 1. The number of hydrogen-bond donors (Lipinski definition) is 2. The molecule has 0 atom stereocenters. The third kappa shape index (κ3) is 2.17. The number of hydrazine groups is 1. The number of ether oxygens (including phenoxy) is 2. The minimum absolute atomic E-state index is 0.674. The number of nitrogen functional groups attached to an aromatic ring is 1. The van der Waals surface area contributed by atoms with Gasteiger partial charge in [0.15, 0.2) is 11.5 Å². The molecule has 2 heterocycles. The summed E-state index contributed by atoms with van der Waals surface area (Å²) in [4.78, 5) is 4.53. The number of rotatable bonds is 2. The molecule has 100 valence electrons. The van der Waals surface area contributed by atoms with E-state index in [4.69, 9.17) is 15.3 Å². The smallest absolute Gasteiger partial charge is 0.163 e. The quantitative estimate of drug-likeness (QED) is 0.639. The van der Waals surface area contributed by atoms with E-state index in [1.807, 2.05) is 12.1 Å². The van der Waals surface area contributed by atoms with Gasteiger partial charge in [-0.3, -0.25) is 0 Å². The summed E-state index contributed by atoms with van der Waals surface area (Å²) in [6.45, 7) is 3.44. The second kappa shape index (κ2) is 4.93. The van der Waals surface area contributed by atoms with E-state index in [0.717, 1.165) is 40.8 Å². The minimum Gasteiger partial charge on any atom is -0.490 e. The Morgan fingerprint density at radius 3 is 2.63 bits per heavy atom. The van der Waals surface area contributed by atoms with Crippen LogP contribution in [0.2, 0.25) is 0 Å². The van der Waals surface area contributed by atoms with Crippen molar-refractivity contribution in [3.05, 3.63) is 23.8 Å². The van der Waals surface area contributed by atoms with E-state index in [1.54, 1.807) is 0 Å². The second-order valence-electron chi connectivity index (χ2n) is 4.54. The van der Waals surface area contributed by atoms with E-state index in [9.17, 15) is 0 Å². The van der Waals surface area contributed by atoms with Gasteiger partial charge in [0.25, 0.3) is 0 Å². The molecular weight excluding hydrogens is 242 g/mol. The molecule has 0 bridgehead atoms. The van der Waals surface area contributed by atoms with Crippen LogP contribution in [0.5, 0.6) is 11.5 Å². The minimum atomic E-state index is 0.674. The molecular formula is C14H17N3O2. The lowest BCUT2D eigenvalue weighted by Gasteiger charge is -2.11. The van der Waals surface area contributed by atoms with Crippen LogP contribution < -0.4 is 20.7 Å². The van der Waals surface area contributed by atoms with Gasteiger partial charge in [-0.2, -0.15) is 0 Å². The zero-order valence-electron chi connectivity index (χ0n) is 10.9. The average Bonchev–Trinajstić information content (AvgIpc) is 2.68. The van der Waals surface area contributed by atoms with Gasteiger partial charge in [0.05, 0.1) is 18.7 Å². The first-order chi connectivity index (χ1) is 9.31. The molecule has 3 rings (SSSR count). The molecule has 3 N–H and O–H groups in total. The van der Waals surface area contributed by atoms with Crippen molar-refractivity contribution in [2.75, 3.05) is 18.6 Å². The first kappa shape index (κ1) is 12.0. The highest BCUT2D eigenvalue weighted by Crippen LogP contribution is 2.34. The lowest BCUT2D eigenvalue weighted by molar-refractivity contribution is 0.297. The van der Waals surface area contributed by atoms with Crippen LogP contribution in [0.25, 0.3) is 10.9 Å². The van der Waals surface area contributed by atoms with Crippen LogP contribution >= 0.6 is 0 Å². The molecule has 0 radical (unpaired) electrons. The number of nitrogens with one attached hydrogen (secondary N) is 1. The lowest BCUT2D eigenvalue weighted by atomic mass is 10.1. The number of nitrogens with zero attached hydrogens (tertiary/aromatic N) is 1. The molecule has 19 heavy (non-hydrogen) atoms. The van der Waals surface area contributed by atoms with Crippen LogP contribution in [0.4, 0.5) is 5.82 Å². The summed E-state index contributed by atoms with van der Waals surface area (Å²) in [6.07, 6.45) is 1.77. The van der Waals surface area contributed by atoms with E-state index >= 15 is 0 Å². The van der Waals surface area contributed by atoms with Gasteiger partial charge in [-0.05, 0) is 24.1 Å². The molecule has 0 saturated carbocycles. The second-order valence-corrected chi connectivity index (χ2v) is 4.54. The van der Waals surface area contributed by atoms with Gasteiger partial charge in [-0.1, -0.05) is 6.92 Å². The summed E-state index contributed by atoms with van der Waals surface area (Å²) in [5.41, 5.74) is 4.59. The van der Waals surface area contributed by atoms with Crippen LogP contribution in [0, 0.1) is 0 Å². The Labute approximate surface area is 111 Å². The van der Waals surface area contributed by atoms with Crippen molar-refractivity contribution in [1.29, 1.82) is 0 Å². The number of anilines is 1. The number of benzene rings is 1.